The minimum Gasteiger partial charge on any atom is -0.402 e. The summed E-state index contributed by atoms with van der Waals surface area (Å²) in [5.41, 5.74) is 5.30. The molecule has 7 heteroatoms. The second-order valence-corrected chi connectivity index (χ2v) is 3.22. The fraction of sp³-hybridized carbons (Fsp3) is 0.222. The highest BCUT2D eigenvalue weighted by Crippen LogP contribution is 2.37. The first-order valence-electron chi connectivity index (χ1n) is 4.04. The number of rotatable bonds is 2. The fourth-order valence-corrected chi connectivity index (χ4v) is 1.33. The molecule has 0 saturated heterocycles. The van der Waals surface area contributed by atoms with E-state index in [9.17, 15) is 13.2 Å². The molecule has 1 aromatic carbocycles. The molecule has 0 aliphatic heterocycles. The van der Waals surface area contributed by atoms with Crippen molar-refractivity contribution in [3.8, 4) is 11.8 Å². The summed E-state index contributed by atoms with van der Waals surface area (Å²) in [6.07, 6.45) is -4.99. The predicted octanol–water partition coefficient (Wildman–Crippen LogP) is 2.89. The van der Waals surface area contributed by atoms with E-state index in [0.717, 1.165) is 0 Å². The van der Waals surface area contributed by atoms with Gasteiger partial charge in [-0.15, -0.1) is 13.2 Å². The lowest BCUT2D eigenvalue weighted by Crippen LogP contribution is -2.18. The van der Waals surface area contributed by atoms with Crippen LogP contribution < -0.4 is 10.5 Å². The molecule has 0 unspecified atom stereocenters. The molecule has 1 rings (SSSR count). The van der Waals surface area contributed by atoms with Gasteiger partial charge < -0.3 is 10.5 Å². The highest BCUT2D eigenvalue weighted by molar-refractivity contribution is 6.33. The van der Waals surface area contributed by atoms with Gasteiger partial charge in [-0.2, -0.15) is 5.26 Å². The number of nitriles is 1. The van der Waals surface area contributed by atoms with Crippen LogP contribution >= 0.6 is 11.6 Å². The first kappa shape index (κ1) is 12.5. The van der Waals surface area contributed by atoms with Crippen molar-refractivity contribution in [3.05, 3.63) is 22.7 Å². The molecule has 0 fully saturated rings. The highest BCUT2D eigenvalue weighted by atomic mass is 35.5. The van der Waals surface area contributed by atoms with Crippen LogP contribution in [0.25, 0.3) is 0 Å². The summed E-state index contributed by atoms with van der Waals surface area (Å²) in [6, 6.07) is 4.36. The van der Waals surface area contributed by atoms with E-state index in [1.54, 1.807) is 6.07 Å². The Morgan fingerprint density at radius 2 is 2.06 bits per heavy atom. The number of hydrogen-bond donors (Lipinski definition) is 1. The van der Waals surface area contributed by atoms with E-state index in [0.29, 0.717) is 0 Å². The largest absolute Gasteiger partial charge is 0.573 e. The molecular formula is C9H6ClF3N2O. The van der Waals surface area contributed by atoms with Crippen LogP contribution in [-0.2, 0) is 6.42 Å². The Bertz CT molecular complexity index is 440. The molecule has 0 aromatic heterocycles. The molecule has 2 N–H and O–H groups in total. The maximum Gasteiger partial charge on any atom is 0.573 e. The van der Waals surface area contributed by atoms with Gasteiger partial charge in [0.1, 0.15) is 0 Å². The van der Waals surface area contributed by atoms with Crippen molar-refractivity contribution < 1.29 is 17.9 Å². The Labute approximate surface area is 94.2 Å². The Kier molecular flexibility index (Phi) is 3.50. The molecule has 0 saturated carbocycles. The van der Waals surface area contributed by atoms with E-state index in [1.165, 1.54) is 12.1 Å². The van der Waals surface area contributed by atoms with Crippen LogP contribution in [0.2, 0.25) is 5.02 Å². The summed E-state index contributed by atoms with van der Waals surface area (Å²) in [6.45, 7) is 0. The Balaban J connectivity index is 3.17. The van der Waals surface area contributed by atoms with Gasteiger partial charge in [0.15, 0.2) is 5.75 Å². The van der Waals surface area contributed by atoms with Crippen LogP contribution in [0.1, 0.15) is 5.56 Å². The molecule has 0 aliphatic rings. The normalized spacial score (nSPS) is 10.9. The quantitative estimate of drug-likeness (QED) is 0.821. The number of nitrogen functional groups attached to an aromatic ring is 1. The lowest BCUT2D eigenvalue weighted by Gasteiger charge is -2.14. The second-order valence-electron chi connectivity index (χ2n) is 2.84. The average Bonchev–Trinajstić information content (AvgIpc) is 2.16. The number of nitrogens with two attached hydrogens (primary N) is 1. The van der Waals surface area contributed by atoms with Crippen molar-refractivity contribution in [2.45, 2.75) is 12.8 Å². The minimum atomic E-state index is -4.87. The summed E-state index contributed by atoms with van der Waals surface area (Å²) < 4.78 is 39.7. The number of anilines is 1. The predicted molar refractivity (Wildman–Crippen MR) is 51.9 cm³/mol. The van der Waals surface area contributed by atoms with Crippen LogP contribution in [0.15, 0.2) is 12.1 Å². The van der Waals surface area contributed by atoms with Crippen molar-refractivity contribution in [1.82, 2.24) is 0 Å². The number of hydrogen-bond acceptors (Lipinski definition) is 3. The summed E-state index contributed by atoms with van der Waals surface area (Å²) in [5.74, 6) is -0.665. The van der Waals surface area contributed by atoms with Gasteiger partial charge in [0.25, 0.3) is 0 Å². The van der Waals surface area contributed by atoms with Crippen LogP contribution in [-0.4, -0.2) is 6.36 Å². The SMILES string of the molecule is N#CCc1ccc(N)c(OC(F)(F)F)c1Cl. The van der Waals surface area contributed by atoms with Crippen LogP contribution in [0.3, 0.4) is 0 Å². The van der Waals surface area contributed by atoms with Gasteiger partial charge in [-0.3, -0.25) is 0 Å². The molecule has 0 radical (unpaired) electrons. The van der Waals surface area contributed by atoms with E-state index in [-0.39, 0.29) is 22.7 Å². The van der Waals surface area contributed by atoms with Crippen molar-refractivity contribution >= 4 is 17.3 Å². The molecule has 0 spiro atoms. The molecule has 0 heterocycles. The van der Waals surface area contributed by atoms with E-state index in [4.69, 9.17) is 22.6 Å². The zero-order chi connectivity index (χ0) is 12.3. The summed E-state index contributed by atoms with van der Waals surface area (Å²) in [5, 5.41) is 8.14. The van der Waals surface area contributed by atoms with Gasteiger partial charge in [-0.25, -0.2) is 0 Å². The van der Waals surface area contributed by atoms with Crippen molar-refractivity contribution in [2.75, 3.05) is 5.73 Å². The number of ether oxygens (including phenoxy) is 1. The summed E-state index contributed by atoms with van der Waals surface area (Å²) in [7, 11) is 0. The van der Waals surface area contributed by atoms with Gasteiger partial charge in [-0.1, -0.05) is 17.7 Å². The van der Waals surface area contributed by atoms with Gasteiger partial charge >= 0.3 is 6.36 Å². The second kappa shape index (κ2) is 4.49. The number of benzene rings is 1. The zero-order valence-electron chi connectivity index (χ0n) is 7.81. The third-order valence-corrected chi connectivity index (χ3v) is 2.11. The summed E-state index contributed by atoms with van der Waals surface area (Å²) >= 11 is 5.64. The Morgan fingerprint density at radius 3 is 2.56 bits per heavy atom. The molecule has 0 atom stereocenters. The zero-order valence-corrected chi connectivity index (χ0v) is 8.56. The molecule has 1 aromatic rings. The fourth-order valence-electron chi connectivity index (χ4n) is 1.05. The van der Waals surface area contributed by atoms with E-state index in [1.807, 2.05) is 0 Å². The maximum absolute atomic E-state index is 12.0. The smallest absolute Gasteiger partial charge is 0.402 e. The molecule has 0 bridgehead atoms. The van der Waals surface area contributed by atoms with Crippen molar-refractivity contribution in [2.24, 2.45) is 0 Å². The summed E-state index contributed by atoms with van der Waals surface area (Å²) in [4.78, 5) is 0. The minimum absolute atomic E-state index is 0.118. The lowest BCUT2D eigenvalue weighted by atomic mass is 10.1. The maximum atomic E-state index is 12.0. The molecule has 0 amide bonds. The molecule has 86 valence electrons. The van der Waals surface area contributed by atoms with Crippen molar-refractivity contribution in [1.29, 1.82) is 5.26 Å². The van der Waals surface area contributed by atoms with Gasteiger partial charge in [-0.05, 0) is 11.6 Å². The lowest BCUT2D eigenvalue weighted by molar-refractivity contribution is -0.274. The topological polar surface area (TPSA) is 59.0 Å². The molecule has 16 heavy (non-hydrogen) atoms. The van der Waals surface area contributed by atoms with E-state index in [2.05, 4.69) is 4.74 Å². The first-order valence-corrected chi connectivity index (χ1v) is 4.42. The van der Waals surface area contributed by atoms with Gasteiger partial charge in [0.05, 0.1) is 23.2 Å². The number of alkyl halides is 3. The van der Waals surface area contributed by atoms with Crippen LogP contribution in [0.4, 0.5) is 18.9 Å². The number of halogens is 4. The van der Waals surface area contributed by atoms with Crippen LogP contribution in [0.5, 0.6) is 5.75 Å². The Hall–Kier alpha value is -1.61. The highest BCUT2D eigenvalue weighted by Gasteiger charge is 2.33. The van der Waals surface area contributed by atoms with Crippen LogP contribution in [0, 0.1) is 11.3 Å². The molecule has 0 aliphatic carbocycles. The van der Waals surface area contributed by atoms with Gasteiger partial charge in [0.2, 0.25) is 0 Å². The Morgan fingerprint density at radius 1 is 1.44 bits per heavy atom. The molecular weight excluding hydrogens is 245 g/mol. The molecule has 3 nitrogen and oxygen atoms in total. The third-order valence-electron chi connectivity index (χ3n) is 1.69. The monoisotopic (exact) mass is 250 g/mol. The average molecular weight is 251 g/mol. The third kappa shape index (κ3) is 2.94. The van der Waals surface area contributed by atoms with Crippen molar-refractivity contribution in [3.63, 3.8) is 0 Å². The van der Waals surface area contributed by atoms with Gasteiger partial charge in [0, 0.05) is 0 Å². The van der Waals surface area contributed by atoms with E-state index < -0.39 is 12.1 Å². The standard InChI is InChI=1S/C9H6ClF3N2O/c10-7-5(3-4-14)1-2-6(15)8(7)16-9(11,12)13/h1-2H,3,15H2. The first-order chi connectivity index (χ1) is 7.35. The van der Waals surface area contributed by atoms with E-state index >= 15 is 0 Å². The number of nitrogens with zero attached hydrogens (tertiary/aromatic N) is 1.